The molecule has 0 aromatic heterocycles. The Morgan fingerprint density at radius 1 is 0.336 bits per heavy atom. The molecule has 1 amide bonds. The molecule has 5 aliphatic heterocycles. The summed E-state index contributed by atoms with van der Waals surface area (Å²) >= 11 is 0. The van der Waals surface area contributed by atoms with Gasteiger partial charge in [-0.1, -0.05) is 387 Å². The van der Waals surface area contributed by atoms with E-state index in [-0.39, 0.29) is 111 Å². The lowest BCUT2D eigenvalue weighted by Crippen LogP contribution is -2.68. The summed E-state index contributed by atoms with van der Waals surface area (Å²) in [5.74, 6) is -1.20. The normalized spacial score (nSPS) is 25.0. The lowest BCUT2D eigenvalue weighted by Gasteiger charge is -2.52. The molecule has 0 radical (unpaired) electrons. The highest BCUT2D eigenvalue weighted by Gasteiger charge is 2.59. The molecule has 1 aliphatic carbocycles. The van der Waals surface area contributed by atoms with Gasteiger partial charge in [0, 0.05) is 22.8 Å². The minimum Gasteiger partial charge on any atom is -0.459 e. The maximum atomic E-state index is 14.9. The number of amides is 1. The first-order chi connectivity index (χ1) is 72.2. The first kappa shape index (κ1) is 102. The third-order valence-corrected chi connectivity index (χ3v) is 26.6. The molecular formula is C119H120N4O23. The number of esters is 1. The number of alkyl carbamates (subject to hydrolysis) is 1. The van der Waals surface area contributed by atoms with Crippen LogP contribution in [0.1, 0.15) is 91.0 Å². The van der Waals surface area contributed by atoms with Gasteiger partial charge >= 0.3 is 12.1 Å². The summed E-state index contributed by atoms with van der Waals surface area (Å²) in [6, 6.07) is 120. The molecular weight excluding hydrogens is 1850 g/mol. The summed E-state index contributed by atoms with van der Waals surface area (Å²) in [7, 11) is 0. The van der Waals surface area contributed by atoms with E-state index in [1.807, 2.05) is 382 Å². The minimum atomic E-state index is -1.61. The second kappa shape index (κ2) is 52.5. The fraction of sp³-hybridized carbons (Fsp3) is 0.328. The van der Waals surface area contributed by atoms with Gasteiger partial charge in [0.1, 0.15) is 98.6 Å². The van der Waals surface area contributed by atoms with Crippen LogP contribution in [0, 0.1) is 0 Å². The van der Waals surface area contributed by atoms with E-state index in [1.54, 1.807) is 0 Å². The third kappa shape index (κ3) is 27.5. The molecule has 5 fully saturated rings. The van der Waals surface area contributed by atoms with Crippen LogP contribution in [0.25, 0.3) is 21.6 Å². The number of carbonyl (C=O) groups is 2. The highest BCUT2D eigenvalue weighted by molar-refractivity contribution is 5.82. The topological polar surface area (TPSA) is 289 Å². The monoisotopic (exact) mass is 1970 g/mol. The second-order valence-electron chi connectivity index (χ2n) is 36.7. The average Bonchev–Trinajstić information content (AvgIpc) is 0.981. The van der Waals surface area contributed by atoms with Gasteiger partial charge in [0.25, 0.3) is 0 Å². The van der Waals surface area contributed by atoms with Gasteiger partial charge in [-0.05, 0) is 83.4 Å². The summed E-state index contributed by atoms with van der Waals surface area (Å²) in [6.07, 6.45) is -23.2. The highest BCUT2D eigenvalue weighted by Crippen LogP contribution is 2.47. The van der Waals surface area contributed by atoms with Crippen molar-refractivity contribution in [3.05, 3.63) is 465 Å². The van der Waals surface area contributed by atoms with E-state index >= 15 is 0 Å². The Bertz CT molecular complexity index is 6110. The molecule has 20 unspecified atom stereocenters. The molecule has 5 heterocycles. The highest BCUT2D eigenvalue weighted by atomic mass is 16.8. The van der Waals surface area contributed by atoms with Crippen molar-refractivity contribution in [1.82, 2.24) is 5.32 Å². The number of benzene rings is 13. The van der Waals surface area contributed by atoms with Gasteiger partial charge in [0.05, 0.1) is 98.6 Å². The Hall–Kier alpha value is -12.9. The van der Waals surface area contributed by atoms with Crippen LogP contribution >= 0.6 is 0 Å². The quantitative estimate of drug-likeness (QED) is 0.0160. The number of hydrogen-bond acceptors (Lipinski definition) is 24. The Kier molecular flexibility index (Phi) is 36.6. The van der Waals surface area contributed by atoms with E-state index in [1.165, 1.54) is 0 Å². The fourth-order valence-electron chi connectivity index (χ4n) is 19.3. The Balaban J connectivity index is 0.704. The summed E-state index contributed by atoms with van der Waals surface area (Å²) in [6.45, 7) is -0.318. The van der Waals surface area contributed by atoms with Crippen LogP contribution < -0.4 is 5.32 Å². The summed E-state index contributed by atoms with van der Waals surface area (Å²) in [4.78, 5) is 32.9. The van der Waals surface area contributed by atoms with Crippen molar-refractivity contribution in [2.24, 2.45) is 5.11 Å². The molecule has 21 atom stereocenters. The maximum Gasteiger partial charge on any atom is 0.407 e. The van der Waals surface area contributed by atoms with Crippen LogP contribution in [0.3, 0.4) is 0 Å². The molecule has 146 heavy (non-hydrogen) atoms. The Morgan fingerprint density at radius 3 is 1.12 bits per heavy atom. The van der Waals surface area contributed by atoms with E-state index in [0.717, 1.165) is 72.3 Å². The number of hydrogen-bond donors (Lipinski definition) is 1. The van der Waals surface area contributed by atoms with Crippen molar-refractivity contribution in [2.75, 3.05) is 39.6 Å². The first-order valence-corrected chi connectivity index (χ1v) is 49.8. The van der Waals surface area contributed by atoms with Gasteiger partial charge in [-0.25, -0.2) is 9.59 Å². The predicted octanol–water partition coefficient (Wildman–Crippen LogP) is 20.1. The smallest absolute Gasteiger partial charge is 0.407 e. The molecule has 13 aromatic carbocycles. The van der Waals surface area contributed by atoms with Gasteiger partial charge in [0.2, 0.25) is 0 Å². The summed E-state index contributed by atoms with van der Waals surface area (Å²) < 4.78 is 151. The molecule has 13 aromatic rings. The van der Waals surface area contributed by atoms with Crippen molar-refractivity contribution < 1.29 is 109 Å². The third-order valence-electron chi connectivity index (χ3n) is 26.6. The van der Waals surface area contributed by atoms with Crippen molar-refractivity contribution in [3.8, 4) is 11.1 Å². The molecule has 754 valence electrons. The van der Waals surface area contributed by atoms with Crippen LogP contribution in [-0.4, -0.2) is 174 Å². The average molecular weight is 1970 g/mol. The van der Waals surface area contributed by atoms with Crippen LogP contribution in [-0.2, 0) is 170 Å². The van der Waals surface area contributed by atoms with Gasteiger partial charge < -0.3 is 105 Å². The summed E-state index contributed by atoms with van der Waals surface area (Å²) in [5, 5.41) is 7.28. The lowest BCUT2D eigenvalue weighted by molar-refractivity contribution is -0.400. The van der Waals surface area contributed by atoms with Crippen molar-refractivity contribution in [3.63, 3.8) is 0 Å². The second-order valence-corrected chi connectivity index (χ2v) is 36.7. The lowest BCUT2D eigenvalue weighted by atomic mass is 9.94. The fourth-order valence-corrected chi connectivity index (χ4v) is 19.3. The number of azide groups is 1. The van der Waals surface area contributed by atoms with Crippen LogP contribution in [0.2, 0.25) is 0 Å². The minimum absolute atomic E-state index is 0.00644. The number of nitrogens with one attached hydrogen (secondary N) is 1. The number of nitrogens with zero attached hydrogens (tertiary/aromatic N) is 3. The van der Waals surface area contributed by atoms with Crippen molar-refractivity contribution in [1.29, 1.82) is 0 Å². The van der Waals surface area contributed by atoms with Crippen LogP contribution in [0.15, 0.2) is 387 Å². The molecule has 27 heteroatoms. The van der Waals surface area contributed by atoms with E-state index in [9.17, 15) is 15.1 Å². The zero-order valence-corrected chi connectivity index (χ0v) is 80.8. The number of carbonyl (C=O) groups excluding carboxylic acids is 2. The number of ether oxygens (including phenoxy) is 21. The standard InChI is InChI=1S/C119H120N4O23/c120-123-122-104-109(106-102(80-137-115(144-106)91-58-32-11-33-59-91)140-116(104)136-76-97(114(124)135-74-90-56-30-10-31-57-90)121-119(125)138-75-96-94-62-36-34-60-92(94)93-61-35-37-63-95(93)96)146-118-113(134-73-89-54-28-9-29-55-89)111(132-71-87-50-24-7-25-51-87)108(101(142-118)79-128-67-83-42-16-3-17-43-83)145-117-112(133-72-88-52-26-8-27-53-88)110(131-70-86-48-22-6-23-49-86)107(100(141-117)78-127-66-82-40-14-2-15-41-82)143-103-64-98(129-68-84-44-18-4-19-45-84)105(130-69-85-46-20-5-21-47-85)99(139-103)77-126-65-81-38-12-1-13-39-81/h1-63,96-113,115-118H,64-80H2,(H,121,125)/t97-,98?,99?,100?,101?,102?,103?,104?,105?,106?,107?,108?,109?,110?,111?,112?,113?,115?,116?,117?,118?/m0/s1. The Morgan fingerprint density at radius 2 is 0.692 bits per heavy atom. The van der Waals surface area contributed by atoms with E-state index in [4.69, 9.17) is 99.5 Å². The molecule has 5 saturated heterocycles. The molecule has 0 bridgehead atoms. The van der Waals surface area contributed by atoms with Crippen molar-refractivity contribution in [2.45, 2.75) is 207 Å². The van der Waals surface area contributed by atoms with Crippen molar-refractivity contribution >= 4 is 12.1 Å². The first-order valence-electron chi connectivity index (χ1n) is 49.8. The van der Waals surface area contributed by atoms with Crippen LogP contribution in [0.4, 0.5) is 4.79 Å². The Labute approximate surface area is 849 Å². The van der Waals surface area contributed by atoms with E-state index < -0.39 is 148 Å². The van der Waals surface area contributed by atoms with Gasteiger partial charge in [-0.15, -0.1) is 0 Å². The molecule has 0 saturated carbocycles. The number of fused-ring (bicyclic) bond motifs is 4. The molecule has 0 spiro atoms. The molecule has 19 rings (SSSR count). The molecule has 27 nitrogen and oxygen atoms in total. The largest absolute Gasteiger partial charge is 0.459 e. The SMILES string of the molecule is [N-]=[N+]=NC1C(OC[C@H](NC(=O)OCC2c3ccccc3-c3ccccc32)C(=O)OCc2ccccc2)OC2COC(c3ccccc3)OC2C1OC1OC(COCc2ccccc2)C(OC2OC(COCc3ccccc3)C(OC3CC(OCc4ccccc4)C(OCc4ccccc4)C(COCc4ccccc4)O3)C(OCc3ccccc3)C2OCc2ccccc2)C(OCc2ccccc2)C1OCc1ccccc1. The molecule has 1 N–H and O–H groups in total. The molecule has 6 aliphatic rings. The zero-order chi connectivity index (χ0) is 99.1. The zero-order valence-electron chi connectivity index (χ0n) is 80.8. The maximum absolute atomic E-state index is 14.9. The summed E-state index contributed by atoms with van der Waals surface area (Å²) in [5.41, 5.74) is 24.4. The van der Waals surface area contributed by atoms with Gasteiger partial charge in [0.15, 0.2) is 37.5 Å². The van der Waals surface area contributed by atoms with Gasteiger partial charge in [-0.2, -0.15) is 0 Å². The predicted molar refractivity (Wildman–Crippen MR) is 539 cm³/mol. The van der Waals surface area contributed by atoms with E-state index in [0.29, 0.717) is 11.1 Å². The number of rotatable bonds is 47. The van der Waals surface area contributed by atoms with Crippen LogP contribution in [0.5, 0.6) is 0 Å². The van der Waals surface area contributed by atoms with E-state index in [2.05, 4.69) is 15.3 Å². The van der Waals surface area contributed by atoms with Gasteiger partial charge in [-0.3, -0.25) is 0 Å².